The van der Waals surface area contributed by atoms with Crippen molar-refractivity contribution in [2.24, 2.45) is 12.0 Å². The number of halogens is 2. The number of benzene rings is 2. The standard InChI is InChI=1S/C23H25F2N5O/c1-14-8-9-17(12-21(14)25)22(31)28-23(27-19-7-5-6-18(24)13-19)26-11-10-20-15(2)29-30(4)16(20)3/h5-9,12-13H,10-11H2,1-4H3,(H2,26,27,28,31). The smallest absolute Gasteiger partial charge is 0.258 e. The van der Waals surface area contributed by atoms with Crippen LogP contribution in [0, 0.1) is 32.4 Å². The number of hydrogen-bond acceptors (Lipinski definition) is 3. The fraction of sp³-hybridized carbons (Fsp3) is 0.261. The molecule has 1 heterocycles. The Morgan fingerprint density at radius 2 is 1.90 bits per heavy atom. The van der Waals surface area contributed by atoms with Crippen LogP contribution >= 0.6 is 0 Å². The van der Waals surface area contributed by atoms with Crippen molar-refractivity contribution in [3.8, 4) is 0 Å². The van der Waals surface area contributed by atoms with Gasteiger partial charge in [0.1, 0.15) is 11.6 Å². The van der Waals surface area contributed by atoms with E-state index in [0.29, 0.717) is 24.2 Å². The van der Waals surface area contributed by atoms with E-state index >= 15 is 0 Å². The Kier molecular flexibility index (Phi) is 6.79. The van der Waals surface area contributed by atoms with Crippen LogP contribution in [-0.2, 0) is 13.5 Å². The molecule has 3 aromatic rings. The predicted molar refractivity (Wildman–Crippen MR) is 117 cm³/mol. The molecule has 0 aliphatic rings. The van der Waals surface area contributed by atoms with Crippen LogP contribution in [0.1, 0.15) is 32.9 Å². The fourth-order valence-corrected chi connectivity index (χ4v) is 3.19. The molecule has 0 atom stereocenters. The molecule has 3 rings (SSSR count). The average molecular weight is 425 g/mol. The molecular formula is C23H25F2N5O. The Bertz CT molecular complexity index is 1140. The van der Waals surface area contributed by atoms with Crippen molar-refractivity contribution in [1.29, 1.82) is 0 Å². The third kappa shape index (κ3) is 5.53. The molecule has 0 aliphatic carbocycles. The summed E-state index contributed by atoms with van der Waals surface area (Å²) in [4.78, 5) is 17.1. The van der Waals surface area contributed by atoms with E-state index in [1.807, 2.05) is 25.6 Å². The molecule has 2 aromatic carbocycles. The Hall–Kier alpha value is -3.55. The summed E-state index contributed by atoms with van der Waals surface area (Å²) in [6, 6.07) is 10.1. The van der Waals surface area contributed by atoms with Gasteiger partial charge in [-0.2, -0.15) is 5.10 Å². The highest BCUT2D eigenvalue weighted by molar-refractivity contribution is 6.10. The maximum atomic E-state index is 13.9. The molecular weight excluding hydrogens is 400 g/mol. The number of aromatic nitrogens is 2. The van der Waals surface area contributed by atoms with Crippen molar-refractivity contribution in [3.63, 3.8) is 0 Å². The lowest BCUT2D eigenvalue weighted by atomic mass is 10.1. The molecule has 162 valence electrons. The second kappa shape index (κ2) is 9.51. The van der Waals surface area contributed by atoms with Crippen LogP contribution < -0.4 is 10.6 Å². The zero-order valence-corrected chi connectivity index (χ0v) is 18.0. The molecule has 8 heteroatoms. The normalized spacial score (nSPS) is 11.5. The highest BCUT2D eigenvalue weighted by Gasteiger charge is 2.13. The third-order valence-corrected chi connectivity index (χ3v) is 5.04. The highest BCUT2D eigenvalue weighted by atomic mass is 19.1. The number of carbonyl (C=O) groups is 1. The van der Waals surface area contributed by atoms with Gasteiger partial charge >= 0.3 is 0 Å². The number of nitrogens with zero attached hydrogens (tertiary/aromatic N) is 3. The monoisotopic (exact) mass is 425 g/mol. The van der Waals surface area contributed by atoms with Crippen LogP contribution in [0.25, 0.3) is 0 Å². The number of nitrogens with one attached hydrogen (secondary N) is 2. The molecule has 1 amide bonds. The van der Waals surface area contributed by atoms with Crippen molar-refractivity contribution in [1.82, 2.24) is 15.1 Å². The van der Waals surface area contributed by atoms with E-state index in [1.54, 1.807) is 19.1 Å². The van der Waals surface area contributed by atoms with Gasteiger partial charge in [-0.3, -0.25) is 19.8 Å². The van der Waals surface area contributed by atoms with E-state index in [0.717, 1.165) is 17.0 Å². The number of aryl methyl sites for hydroxylation is 3. The molecule has 31 heavy (non-hydrogen) atoms. The topological polar surface area (TPSA) is 71.3 Å². The van der Waals surface area contributed by atoms with E-state index in [1.165, 1.54) is 30.3 Å². The van der Waals surface area contributed by atoms with E-state index in [-0.39, 0.29) is 11.5 Å². The number of anilines is 1. The van der Waals surface area contributed by atoms with Gasteiger partial charge in [0, 0.05) is 30.5 Å². The summed E-state index contributed by atoms with van der Waals surface area (Å²) >= 11 is 0. The predicted octanol–water partition coefficient (Wildman–Crippen LogP) is 4.06. The Labute approximate surface area is 180 Å². The maximum Gasteiger partial charge on any atom is 0.258 e. The molecule has 6 nitrogen and oxygen atoms in total. The molecule has 0 radical (unpaired) electrons. The lowest BCUT2D eigenvalue weighted by Gasteiger charge is -2.12. The number of aliphatic imine (C=N–C) groups is 1. The van der Waals surface area contributed by atoms with Gasteiger partial charge in [-0.05, 0) is 68.7 Å². The van der Waals surface area contributed by atoms with Crippen LogP contribution in [0.2, 0.25) is 0 Å². The molecule has 0 saturated heterocycles. The Morgan fingerprint density at radius 3 is 2.55 bits per heavy atom. The first-order valence-corrected chi connectivity index (χ1v) is 9.88. The van der Waals surface area contributed by atoms with E-state index < -0.39 is 17.5 Å². The Morgan fingerprint density at radius 1 is 1.13 bits per heavy atom. The molecule has 0 unspecified atom stereocenters. The molecule has 0 bridgehead atoms. The fourth-order valence-electron chi connectivity index (χ4n) is 3.19. The number of amides is 1. The van der Waals surface area contributed by atoms with Gasteiger partial charge in [0.15, 0.2) is 0 Å². The van der Waals surface area contributed by atoms with E-state index in [9.17, 15) is 13.6 Å². The minimum Gasteiger partial charge on any atom is -0.326 e. The minimum atomic E-state index is -0.518. The van der Waals surface area contributed by atoms with Crippen molar-refractivity contribution in [2.45, 2.75) is 27.2 Å². The van der Waals surface area contributed by atoms with Crippen LogP contribution in [0.4, 0.5) is 14.5 Å². The quantitative estimate of drug-likeness (QED) is 0.478. The largest absolute Gasteiger partial charge is 0.326 e. The molecule has 0 spiro atoms. The molecule has 0 aliphatic heterocycles. The second-order valence-corrected chi connectivity index (χ2v) is 7.31. The summed E-state index contributed by atoms with van der Waals surface area (Å²) in [5, 5.41) is 9.98. The van der Waals surface area contributed by atoms with Crippen molar-refractivity contribution < 1.29 is 13.6 Å². The maximum absolute atomic E-state index is 13.9. The minimum absolute atomic E-state index is 0.149. The van der Waals surface area contributed by atoms with Crippen molar-refractivity contribution in [2.75, 3.05) is 11.9 Å². The zero-order valence-electron chi connectivity index (χ0n) is 18.0. The summed E-state index contributed by atoms with van der Waals surface area (Å²) in [5.41, 5.74) is 4.10. The lowest BCUT2D eigenvalue weighted by Crippen LogP contribution is -2.36. The van der Waals surface area contributed by atoms with Crippen LogP contribution in [0.3, 0.4) is 0 Å². The number of carbonyl (C=O) groups excluding carboxylic acids is 1. The first-order valence-electron chi connectivity index (χ1n) is 9.88. The SMILES string of the molecule is Cc1ccc(C(=O)NC(=NCCc2c(C)nn(C)c2C)Nc2cccc(F)c2)cc1F. The summed E-state index contributed by atoms with van der Waals surface area (Å²) < 4.78 is 29.2. The van der Waals surface area contributed by atoms with Crippen molar-refractivity contribution >= 4 is 17.6 Å². The highest BCUT2D eigenvalue weighted by Crippen LogP contribution is 2.14. The second-order valence-electron chi connectivity index (χ2n) is 7.31. The summed E-state index contributed by atoms with van der Waals surface area (Å²) in [6.07, 6.45) is 0.620. The average Bonchev–Trinajstić information content (AvgIpc) is 2.95. The van der Waals surface area contributed by atoms with Crippen LogP contribution in [-0.4, -0.2) is 28.2 Å². The first kappa shape index (κ1) is 22.1. The van der Waals surface area contributed by atoms with Crippen LogP contribution in [0.5, 0.6) is 0 Å². The molecule has 0 saturated carbocycles. The molecule has 1 aromatic heterocycles. The van der Waals surface area contributed by atoms with Gasteiger partial charge in [-0.1, -0.05) is 12.1 Å². The third-order valence-electron chi connectivity index (χ3n) is 5.04. The zero-order chi connectivity index (χ0) is 22.5. The van der Waals surface area contributed by atoms with Crippen molar-refractivity contribution in [3.05, 3.63) is 82.2 Å². The Balaban J connectivity index is 1.80. The first-order chi connectivity index (χ1) is 14.7. The van der Waals surface area contributed by atoms with Crippen LogP contribution in [0.15, 0.2) is 47.5 Å². The lowest BCUT2D eigenvalue weighted by molar-refractivity contribution is 0.0976. The van der Waals surface area contributed by atoms with Gasteiger partial charge in [-0.15, -0.1) is 0 Å². The number of rotatable bonds is 5. The molecule has 0 fully saturated rings. The van der Waals surface area contributed by atoms with Gasteiger partial charge < -0.3 is 5.32 Å². The van der Waals surface area contributed by atoms with Gasteiger partial charge in [0.25, 0.3) is 5.91 Å². The summed E-state index contributed by atoms with van der Waals surface area (Å²) in [5.74, 6) is -1.25. The van der Waals surface area contributed by atoms with E-state index in [4.69, 9.17) is 0 Å². The van der Waals surface area contributed by atoms with E-state index in [2.05, 4.69) is 20.7 Å². The number of guanidine groups is 1. The molecule has 2 N–H and O–H groups in total. The van der Waals surface area contributed by atoms with Gasteiger partial charge in [0.05, 0.1) is 5.69 Å². The number of hydrogen-bond donors (Lipinski definition) is 2. The summed E-state index contributed by atoms with van der Waals surface area (Å²) in [6.45, 7) is 5.91. The van der Waals surface area contributed by atoms with Gasteiger partial charge in [-0.25, -0.2) is 8.78 Å². The summed E-state index contributed by atoms with van der Waals surface area (Å²) in [7, 11) is 1.88. The van der Waals surface area contributed by atoms with Gasteiger partial charge in [0.2, 0.25) is 5.96 Å².